The summed E-state index contributed by atoms with van der Waals surface area (Å²) in [5.41, 5.74) is 0.632. The number of nitrogens with zero attached hydrogens (tertiary/aromatic N) is 2. The average Bonchev–Trinajstić information content (AvgIpc) is 2.37. The van der Waals surface area contributed by atoms with Gasteiger partial charge in [0.2, 0.25) is 0 Å². The zero-order valence-corrected chi connectivity index (χ0v) is 12.4. The summed E-state index contributed by atoms with van der Waals surface area (Å²) in [5.74, 6) is -0.353. The summed E-state index contributed by atoms with van der Waals surface area (Å²) < 4.78 is 23.6. The highest BCUT2D eigenvalue weighted by Gasteiger charge is 2.28. The molecule has 6 heteroatoms. The van der Waals surface area contributed by atoms with Crippen LogP contribution in [0.25, 0.3) is 0 Å². The lowest BCUT2D eigenvalue weighted by molar-refractivity contribution is 0.588. The maximum absolute atomic E-state index is 11.8. The van der Waals surface area contributed by atoms with Crippen LogP contribution in [-0.4, -0.2) is 21.6 Å². The summed E-state index contributed by atoms with van der Waals surface area (Å²) in [4.78, 5) is 1.12. The molecule has 0 radical (unpaired) electrons. The van der Waals surface area contributed by atoms with E-state index in [-0.39, 0.29) is 18.8 Å². The Morgan fingerprint density at radius 1 is 1.05 bits per heavy atom. The number of benzene rings is 1. The third kappa shape index (κ3) is 3.89. The summed E-state index contributed by atoms with van der Waals surface area (Å²) in [5, 5.41) is 17.7. The van der Waals surface area contributed by atoms with E-state index < -0.39 is 22.4 Å². The van der Waals surface area contributed by atoms with Crippen molar-refractivity contribution in [2.45, 2.75) is 28.6 Å². The van der Waals surface area contributed by atoms with E-state index in [4.69, 9.17) is 10.5 Å². The van der Waals surface area contributed by atoms with Crippen molar-refractivity contribution in [1.82, 2.24) is 0 Å². The molecule has 1 rings (SSSR count). The Hall–Kier alpha value is -1.18. The Bertz CT molecular complexity index is 476. The molecule has 4 nitrogen and oxygen atoms in total. The summed E-state index contributed by atoms with van der Waals surface area (Å²) in [6.45, 7) is 0. The van der Waals surface area contributed by atoms with E-state index in [1.165, 1.54) is 12.5 Å². The predicted molar refractivity (Wildman–Crippen MR) is 74.3 cm³/mol. The molecule has 0 saturated heterocycles. The van der Waals surface area contributed by atoms with Crippen molar-refractivity contribution in [3.05, 3.63) is 23.8 Å². The molecule has 1 aromatic rings. The molecular formula is C13H14N2O2S2. The van der Waals surface area contributed by atoms with Crippen LogP contribution in [0, 0.1) is 22.7 Å². The molecular weight excluding hydrogens is 280 g/mol. The fraction of sp³-hybridized carbons (Fsp3) is 0.385. The number of rotatable bonds is 5. The lowest BCUT2D eigenvalue weighted by Gasteiger charge is -2.19. The van der Waals surface area contributed by atoms with E-state index in [1.54, 1.807) is 18.2 Å². The molecule has 1 aromatic carbocycles. The van der Waals surface area contributed by atoms with Crippen LogP contribution in [0.4, 0.5) is 0 Å². The van der Waals surface area contributed by atoms with Gasteiger partial charge in [-0.3, -0.25) is 0 Å². The van der Waals surface area contributed by atoms with Crippen LogP contribution in [0.15, 0.2) is 28.0 Å². The Kier molecular flexibility index (Phi) is 6.20. The van der Waals surface area contributed by atoms with Crippen molar-refractivity contribution >= 4 is 22.4 Å². The van der Waals surface area contributed by atoms with Gasteiger partial charge in [-0.15, -0.1) is 0 Å². The molecule has 0 N–H and O–H groups in total. The van der Waals surface area contributed by atoms with Crippen LogP contribution in [0.2, 0.25) is 0 Å². The molecule has 0 aliphatic heterocycles. The van der Waals surface area contributed by atoms with Crippen LogP contribution < -0.4 is 0 Å². The average molecular weight is 294 g/mol. The number of hydrogen-bond donors (Lipinski definition) is 0. The third-order valence-electron chi connectivity index (χ3n) is 2.73. The monoisotopic (exact) mass is 294 g/mol. The fourth-order valence-corrected chi connectivity index (χ4v) is 3.70. The van der Waals surface area contributed by atoms with Gasteiger partial charge in [0.05, 0.1) is 17.7 Å². The highest BCUT2D eigenvalue weighted by atomic mass is 32.2. The zero-order chi connectivity index (χ0) is 14.4. The van der Waals surface area contributed by atoms with Gasteiger partial charge in [-0.2, -0.15) is 10.5 Å². The summed E-state index contributed by atoms with van der Waals surface area (Å²) in [7, 11) is 0. The number of nitriles is 2. The summed E-state index contributed by atoms with van der Waals surface area (Å²) in [6.07, 6.45) is 3.37. The van der Waals surface area contributed by atoms with E-state index in [0.717, 1.165) is 0 Å². The van der Waals surface area contributed by atoms with Crippen molar-refractivity contribution in [3.63, 3.8) is 0 Å². The maximum atomic E-state index is 11.8. The van der Waals surface area contributed by atoms with Crippen LogP contribution in [0.5, 0.6) is 0 Å². The molecule has 19 heavy (non-hydrogen) atoms. The Balaban J connectivity index is 3.42. The second-order valence-corrected chi connectivity index (χ2v) is 6.69. The van der Waals surface area contributed by atoms with Crippen molar-refractivity contribution in [2.75, 3.05) is 12.5 Å². The Labute approximate surface area is 119 Å². The lowest BCUT2D eigenvalue weighted by Crippen LogP contribution is -2.13. The Morgan fingerprint density at radius 3 is 1.79 bits per heavy atom. The van der Waals surface area contributed by atoms with Gasteiger partial charge in [0.15, 0.2) is 9.79 Å². The van der Waals surface area contributed by atoms with Crippen LogP contribution in [-0.2, 0) is 22.4 Å². The summed E-state index contributed by atoms with van der Waals surface area (Å²) in [6, 6.07) is 9.17. The molecule has 0 spiro atoms. The Morgan fingerprint density at radius 2 is 1.47 bits per heavy atom. The molecule has 0 aliphatic rings. The predicted octanol–water partition coefficient (Wildman–Crippen LogP) is 2.07. The fourth-order valence-electron chi connectivity index (χ4n) is 1.92. The first-order valence-corrected chi connectivity index (χ1v) is 8.68. The molecule has 0 amide bonds. The largest absolute Gasteiger partial charge is 0.612 e. The normalized spacial score (nSPS) is 13.6. The van der Waals surface area contributed by atoms with E-state index in [2.05, 4.69) is 0 Å². The minimum Gasteiger partial charge on any atom is -0.612 e. The van der Waals surface area contributed by atoms with Gasteiger partial charge in [-0.1, -0.05) is 6.07 Å². The SMILES string of the molecule is C[S+]([O-])c1cccc([S+](C)[O-])c1C(CC#N)CC#N. The summed E-state index contributed by atoms with van der Waals surface area (Å²) >= 11 is -2.50. The van der Waals surface area contributed by atoms with Crippen molar-refractivity contribution in [2.24, 2.45) is 0 Å². The molecule has 0 heterocycles. The quantitative estimate of drug-likeness (QED) is 0.777. The van der Waals surface area contributed by atoms with Crippen LogP contribution in [0.1, 0.15) is 24.3 Å². The van der Waals surface area contributed by atoms with Crippen molar-refractivity contribution < 1.29 is 9.11 Å². The van der Waals surface area contributed by atoms with Gasteiger partial charge in [-0.05, 0) is 34.5 Å². The van der Waals surface area contributed by atoms with Gasteiger partial charge in [0.1, 0.15) is 12.5 Å². The van der Waals surface area contributed by atoms with Gasteiger partial charge in [0.25, 0.3) is 0 Å². The van der Waals surface area contributed by atoms with Crippen LogP contribution in [0.3, 0.4) is 0 Å². The van der Waals surface area contributed by atoms with E-state index in [9.17, 15) is 9.11 Å². The topological polar surface area (TPSA) is 93.7 Å². The van der Waals surface area contributed by atoms with Gasteiger partial charge in [-0.25, -0.2) is 0 Å². The number of hydrogen-bond acceptors (Lipinski definition) is 4. The van der Waals surface area contributed by atoms with Crippen LogP contribution >= 0.6 is 0 Å². The molecule has 100 valence electrons. The molecule has 0 fully saturated rings. The third-order valence-corrected chi connectivity index (χ3v) is 4.68. The standard InChI is InChI=1S/C13H14N2O2S2/c1-18(16)11-4-3-5-12(19(2)17)13(11)10(6-8-14)7-9-15/h3-5,10H,6-7H2,1-2H3. The smallest absolute Gasteiger partial charge is 0.160 e. The van der Waals surface area contributed by atoms with Gasteiger partial charge in [0, 0.05) is 18.8 Å². The molecule has 2 unspecified atom stereocenters. The first-order valence-electron chi connectivity index (χ1n) is 5.56. The maximum Gasteiger partial charge on any atom is 0.160 e. The minimum atomic E-state index is -1.25. The second-order valence-electron chi connectivity index (χ2n) is 4.00. The molecule has 0 bridgehead atoms. The van der Waals surface area contributed by atoms with Gasteiger partial charge < -0.3 is 9.11 Å². The molecule has 0 aromatic heterocycles. The highest BCUT2D eigenvalue weighted by Crippen LogP contribution is 2.34. The van der Waals surface area contributed by atoms with Crippen molar-refractivity contribution in [1.29, 1.82) is 10.5 Å². The minimum absolute atomic E-state index is 0.145. The van der Waals surface area contributed by atoms with E-state index in [1.807, 2.05) is 12.1 Å². The molecule has 0 saturated carbocycles. The van der Waals surface area contributed by atoms with Crippen molar-refractivity contribution in [3.8, 4) is 12.1 Å². The molecule has 2 atom stereocenters. The van der Waals surface area contributed by atoms with E-state index >= 15 is 0 Å². The van der Waals surface area contributed by atoms with E-state index in [0.29, 0.717) is 15.4 Å². The van der Waals surface area contributed by atoms with Gasteiger partial charge >= 0.3 is 0 Å². The second kappa shape index (κ2) is 7.42. The lowest BCUT2D eigenvalue weighted by atomic mass is 9.93. The molecule has 0 aliphatic carbocycles. The highest BCUT2D eigenvalue weighted by molar-refractivity contribution is 7.91. The zero-order valence-electron chi connectivity index (χ0n) is 10.8. The first-order chi connectivity index (χ1) is 9.02. The first kappa shape index (κ1) is 15.9.